The van der Waals surface area contributed by atoms with E-state index in [1.165, 1.54) is 0 Å². The van der Waals surface area contributed by atoms with Gasteiger partial charge in [0.05, 0.1) is 11.9 Å². The van der Waals surface area contributed by atoms with Crippen LogP contribution in [0.2, 0.25) is 0 Å². The first-order chi connectivity index (χ1) is 8.67. The predicted octanol–water partition coefficient (Wildman–Crippen LogP) is 1.85. The Labute approximate surface area is 113 Å². The number of carbonyl (C=O) groups is 1. The maximum atomic E-state index is 11.7. The van der Waals surface area contributed by atoms with Crippen molar-refractivity contribution in [3.63, 3.8) is 0 Å². The summed E-state index contributed by atoms with van der Waals surface area (Å²) in [5.74, 6) is -0.446. The Morgan fingerprint density at radius 1 is 1.58 bits per heavy atom. The molecule has 1 rings (SSSR count). The Bertz CT molecular complexity index is 459. The van der Waals surface area contributed by atoms with Gasteiger partial charge in [0, 0.05) is 19.2 Å². The van der Waals surface area contributed by atoms with E-state index < -0.39 is 11.6 Å². The van der Waals surface area contributed by atoms with E-state index in [1.54, 1.807) is 37.8 Å². The van der Waals surface area contributed by atoms with Gasteiger partial charge in [-0.05, 0) is 26.7 Å². The topological polar surface area (TPSA) is 94.0 Å². The second-order valence-electron chi connectivity index (χ2n) is 5.79. The molecule has 0 aliphatic heterocycles. The van der Waals surface area contributed by atoms with Crippen molar-refractivity contribution < 1.29 is 9.53 Å². The molecule has 1 aromatic rings. The molecule has 0 aliphatic rings. The predicted molar refractivity (Wildman–Crippen MR) is 74.0 cm³/mol. The molecular formula is C13H22N4O2. The third-order valence-electron chi connectivity index (χ3n) is 2.35. The van der Waals surface area contributed by atoms with Gasteiger partial charge >= 0.3 is 5.97 Å². The Morgan fingerprint density at radius 3 is 2.68 bits per heavy atom. The molecule has 0 spiro atoms. The summed E-state index contributed by atoms with van der Waals surface area (Å²) < 4.78 is 6.86. The number of nitrogens with zero attached hydrogens (tertiary/aromatic N) is 2. The molecule has 0 saturated heterocycles. The number of nitrogens with one attached hydrogen (secondary N) is 1. The van der Waals surface area contributed by atoms with Gasteiger partial charge in [-0.25, -0.2) is 4.79 Å². The SMILES string of the molecule is CC(CC(=N)C(=O)OC(C)(C)C)Cn1cc(N)cn1. The second-order valence-corrected chi connectivity index (χ2v) is 5.79. The maximum Gasteiger partial charge on any atom is 0.352 e. The number of esters is 1. The molecule has 0 radical (unpaired) electrons. The summed E-state index contributed by atoms with van der Waals surface area (Å²) in [6, 6.07) is 0. The molecule has 1 atom stereocenters. The average Bonchev–Trinajstić information content (AvgIpc) is 2.60. The zero-order valence-corrected chi connectivity index (χ0v) is 11.9. The van der Waals surface area contributed by atoms with Crippen molar-refractivity contribution in [1.82, 2.24) is 9.78 Å². The normalized spacial score (nSPS) is 13.1. The lowest BCUT2D eigenvalue weighted by atomic mass is 10.0. The van der Waals surface area contributed by atoms with Crippen molar-refractivity contribution in [3.8, 4) is 0 Å². The third kappa shape index (κ3) is 5.54. The van der Waals surface area contributed by atoms with Gasteiger partial charge in [-0.15, -0.1) is 0 Å². The van der Waals surface area contributed by atoms with Crippen LogP contribution in [0.5, 0.6) is 0 Å². The van der Waals surface area contributed by atoms with Crippen LogP contribution in [0.3, 0.4) is 0 Å². The standard InChI is InChI=1S/C13H22N4O2/c1-9(7-17-8-10(14)6-16-17)5-11(15)12(18)19-13(2,3)4/h6,8-9,15H,5,7,14H2,1-4H3. The zero-order valence-electron chi connectivity index (χ0n) is 11.9. The highest BCUT2D eigenvalue weighted by atomic mass is 16.6. The minimum Gasteiger partial charge on any atom is -0.456 e. The zero-order chi connectivity index (χ0) is 14.6. The van der Waals surface area contributed by atoms with E-state index in [1.807, 2.05) is 6.92 Å². The van der Waals surface area contributed by atoms with Crippen LogP contribution in [0.4, 0.5) is 5.69 Å². The van der Waals surface area contributed by atoms with E-state index in [2.05, 4.69) is 5.10 Å². The molecule has 0 saturated carbocycles. The molecule has 1 aromatic heterocycles. The summed E-state index contributed by atoms with van der Waals surface area (Å²) >= 11 is 0. The molecule has 0 fully saturated rings. The Hall–Kier alpha value is -1.85. The largest absolute Gasteiger partial charge is 0.456 e. The number of nitrogens with two attached hydrogens (primary N) is 1. The average molecular weight is 266 g/mol. The minimum atomic E-state index is -0.566. The van der Waals surface area contributed by atoms with E-state index in [0.29, 0.717) is 18.7 Å². The number of ether oxygens (including phenoxy) is 1. The van der Waals surface area contributed by atoms with Gasteiger partial charge in [-0.1, -0.05) is 6.92 Å². The second kappa shape index (κ2) is 5.86. The first kappa shape index (κ1) is 15.2. The molecule has 0 aliphatic carbocycles. The third-order valence-corrected chi connectivity index (χ3v) is 2.35. The summed E-state index contributed by atoms with van der Waals surface area (Å²) in [5, 5.41) is 11.8. The van der Waals surface area contributed by atoms with Gasteiger partial charge in [0.1, 0.15) is 11.3 Å². The lowest BCUT2D eigenvalue weighted by Gasteiger charge is -2.20. The van der Waals surface area contributed by atoms with Crippen LogP contribution in [0.15, 0.2) is 12.4 Å². The van der Waals surface area contributed by atoms with Crippen LogP contribution in [0, 0.1) is 11.3 Å². The highest BCUT2D eigenvalue weighted by Crippen LogP contribution is 2.12. The fourth-order valence-corrected chi connectivity index (χ4v) is 1.63. The lowest BCUT2D eigenvalue weighted by molar-refractivity contribution is -0.146. The molecule has 106 valence electrons. The summed E-state index contributed by atoms with van der Waals surface area (Å²) in [6.07, 6.45) is 3.66. The van der Waals surface area contributed by atoms with E-state index in [0.717, 1.165) is 0 Å². The van der Waals surface area contributed by atoms with Gasteiger partial charge in [-0.2, -0.15) is 5.10 Å². The molecule has 0 amide bonds. The molecule has 3 N–H and O–H groups in total. The number of nitrogen functional groups attached to an aromatic ring is 1. The quantitative estimate of drug-likeness (QED) is 0.628. The lowest BCUT2D eigenvalue weighted by Crippen LogP contribution is -2.29. The molecule has 19 heavy (non-hydrogen) atoms. The molecule has 1 heterocycles. The first-order valence-corrected chi connectivity index (χ1v) is 6.26. The number of rotatable bonds is 5. The van der Waals surface area contributed by atoms with Crippen LogP contribution in [-0.2, 0) is 16.1 Å². The van der Waals surface area contributed by atoms with Crippen molar-refractivity contribution in [2.45, 2.75) is 46.3 Å². The molecule has 6 nitrogen and oxygen atoms in total. The Kier molecular flexibility index (Phi) is 4.69. The van der Waals surface area contributed by atoms with E-state index in [9.17, 15) is 4.79 Å². The fourth-order valence-electron chi connectivity index (χ4n) is 1.63. The van der Waals surface area contributed by atoms with Crippen LogP contribution in [-0.4, -0.2) is 27.1 Å². The number of hydrogen-bond donors (Lipinski definition) is 2. The van der Waals surface area contributed by atoms with Gasteiger partial charge in [0.15, 0.2) is 0 Å². The molecular weight excluding hydrogens is 244 g/mol. The monoisotopic (exact) mass is 266 g/mol. The van der Waals surface area contributed by atoms with E-state index in [4.69, 9.17) is 15.9 Å². The van der Waals surface area contributed by atoms with Crippen LogP contribution >= 0.6 is 0 Å². The van der Waals surface area contributed by atoms with E-state index >= 15 is 0 Å². The Balaban J connectivity index is 2.46. The van der Waals surface area contributed by atoms with Crippen molar-refractivity contribution in [2.24, 2.45) is 5.92 Å². The van der Waals surface area contributed by atoms with Gasteiger partial charge in [0.2, 0.25) is 0 Å². The van der Waals surface area contributed by atoms with Crippen molar-refractivity contribution in [2.75, 3.05) is 5.73 Å². The number of aromatic nitrogens is 2. The number of hydrogen-bond acceptors (Lipinski definition) is 5. The minimum absolute atomic E-state index is 0.0115. The maximum absolute atomic E-state index is 11.7. The molecule has 1 unspecified atom stereocenters. The smallest absolute Gasteiger partial charge is 0.352 e. The summed E-state index contributed by atoms with van der Waals surface area (Å²) in [4.78, 5) is 11.7. The van der Waals surface area contributed by atoms with Crippen molar-refractivity contribution in [3.05, 3.63) is 12.4 Å². The summed E-state index contributed by atoms with van der Waals surface area (Å²) in [7, 11) is 0. The highest BCUT2D eigenvalue weighted by Gasteiger charge is 2.21. The molecule has 6 heteroatoms. The highest BCUT2D eigenvalue weighted by molar-refractivity contribution is 6.35. The van der Waals surface area contributed by atoms with Gasteiger partial charge in [0.25, 0.3) is 0 Å². The van der Waals surface area contributed by atoms with Gasteiger partial charge < -0.3 is 10.5 Å². The van der Waals surface area contributed by atoms with Gasteiger partial charge in [-0.3, -0.25) is 10.1 Å². The first-order valence-electron chi connectivity index (χ1n) is 6.26. The van der Waals surface area contributed by atoms with Crippen LogP contribution in [0.25, 0.3) is 0 Å². The molecule has 0 bridgehead atoms. The Morgan fingerprint density at radius 2 is 2.21 bits per heavy atom. The number of carbonyl (C=O) groups excluding carboxylic acids is 1. The van der Waals surface area contributed by atoms with Crippen LogP contribution in [0.1, 0.15) is 34.1 Å². The summed E-state index contributed by atoms with van der Waals surface area (Å²) in [5.41, 5.74) is 5.60. The van der Waals surface area contributed by atoms with Crippen molar-refractivity contribution in [1.29, 1.82) is 5.41 Å². The van der Waals surface area contributed by atoms with E-state index in [-0.39, 0.29) is 11.6 Å². The van der Waals surface area contributed by atoms with Crippen LogP contribution < -0.4 is 5.73 Å². The van der Waals surface area contributed by atoms with Crippen molar-refractivity contribution >= 4 is 17.4 Å². The fraction of sp³-hybridized carbons (Fsp3) is 0.615. The number of anilines is 1. The summed E-state index contributed by atoms with van der Waals surface area (Å²) in [6.45, 7) is 7.93. The molecule has 0 aromatic carbocycles.